The molecule has 21 heavy (non-hydrogen) atoms. The van der Waals surface area contributed by atoms with Crippen LogP contribution in [0, 0.1) is 11.3 Å². The third kappa shape index (κ3) is 3.44. The molecule has 1 aromatic carbocycles. The van der Waals surface area contributed by atoms with E-state index in [1.165, 1.54) is 0 Å². The van der Waals surface area contributed by atoms with E-state index in [2.05, 4.69) is 27.0 Å². The van der Waals surface area contributed by atoms with Gasteiger partial charge in [0.1, 0.15) is 24.1 Å². The predicted molar refractivity (Wildman–Crippen MR) is 80.5 cm³/mol. The molecule has 0 saturated heterocycles. The van der Waals surface area contributed by atoms with Crippen molar-refractivity contribution in [2.24, 2.45) is 0 Å². The van der Waals surface area contributed by atoms with Crippen molar-refractivity contribution >= 4 is 15.9 Å². The fraction of sp³-hybridized carbons (Fsp3) is 0.200. The fourth-order valence-electron chi connectivity index (χ4n) is 1.81. The molecule has 108 valence electrons. The van der Waals surface area contributed by atoms with Gasteiger partial charge in [-0.1, -0.05) is 15.9 Å². The second-order valence-electron chi connectivity index (χ2n) is 4.03. The highest BCUT2D eigenvalue weighted by Crippen LogP contribution is 2.30. The summed E-state index contributed by atoms with van der Waals surface area (Å²) < 4.78 is 17.0. The summed E-state index contributed by atoms with van der Waals surface area (Å²) in [5.41, 5.74) is 1.05. The highest BCUT2D eigenvalue weighted by molar-refractivity contribution is 9.10. The Hall–Kier alpha value is -2.26. The lowest BCUT2D eigenvalue weighted by Gasteiger charge is -2.13. The molecular formula is C15H13BrN2O3. The van der Waals surface area contributed by atoms with E-state index in [1.807, 2.05) is 6.07 Å². The van der Waals surface area contributed by atoms with E-state index in [4.69, 9.17) is 19.5 Å². The largest absolute Gasteiger partial charge is 0.493 e. The van der Waals surface area contributed by atoms with Crippen molar-refractivity contribution in [3.63, 3.8) is 0 Å². The molecular weight excluding hydrogens is 336 g/mol. The minimum Gasteiger partial charge on any atom is -0.493 e. The molecule has 0 bridgehead atoms. The van der Waals surface area contributed by atoms with Crippen molar-refractivity contribution in [2.75, 3.05) is 14.2 Å². The third-order valence-corrected chi connectivity index (χ3v) is 3.29. The monoisotopic (exact) mass is 348 g/mol. The quantitative estimate of drug-likeness (QED) is 0.829. The first kappa shape index (κ1) is 15.1. The second kappa shape index (κ2) is 6.95. The van der Waals surface area contributed by atoms with Crippen LogP contribution in [0.15, 0.2) is 34.9 Å². The van der Waals surface area contributed by atoms with E-state index in [1.54, 1.807) is 38.6 Å². The molecule has 5 nitrogen and oxygen atoms in total. The molecule has 2 rings (SSSR count). The van der Waals surface area contributed by atoms with Gasteiger partial charge in [0.2, 0.25) is 0 Å². The van der Waals surface area contributed by atoms with Gasteiger partial charge in [-0.3, -0.25) is 4.98 Å². The third-order valence-electron chi connectivity index (χ3n) is 2.79. The Balaban J connectivity index is 2.23. The van der Waals surface area contributed by atoms with Gasteiger partial charge in [-0.05, 0) is 18.2 Å². The summed E-state index contributed by atoms with van der Waals surface area (Å²) in [6, 6.07) is 9.05. The first-order valence-corrected chi connectivity index (χ1v) is 6.87. The first-order valence-electron chi connectivity index (χ1n) is 6.08. The van der Waals surface area contributed by atoms with Crippen LogP contribution in [-0.4, -0.2) is 19.2 Å². The maximum absolute atomic E-state index is 9.11. The van der Waals surface area contributed by atoms with Gasteiger partial charge in [0.05, 0.1) is 19.8 Å². The van der Waals surface area contributed by atoms with Crippen molar-refractivity contribution in [2.45, 2.75) is 6.61 Å². The summed E-state index contributed by atoms with van der Waals surface area (Å²) in [4.78, 5) is 4.22. The standard InChI is InChI=1S/C15H13BrN2O3/c1-19-14-5-6-18-12(15(14)20-2)9-21-13-4-3-11(16)7-10(13)8-17/h3-7H,9H2,1-2H3. The summed E-state index contributed by atoms with van der Waals surface area (Å²) >= 11 is 3.32. The Morgan fingerprint density at radius 1 is 1.19 bits per heavy atom. The zero-order valence-corrected chi connectivity index (χ0v) is 13.2. The summed E-state index contributed by atoms with van der Waals surface area (Å²) in [5.74, 6) is 1.60. The van der Waals surface area contributed by atoms with Crippen LogP contribution in [0.3, 0.4) is 0 Å². The number of pyridine rings is 1. The van der Waals surface area contributed by atoms with Crippen LogP contribution in [0.2, 0.25) is 0 Å². The lowest BCUT2D eigenvalue weighted by atomic mass is 10.2. The summed E-state index contributed by atoms with van der Waals surface area (Å²) in [7, 11) is 3.11. The van der Waals surface area contributed by atoms with E-state index >= 15 is 0 Å². The first-order chi connectivity index (χ1) is 10.2. The van der Waals surface area contributed by atoms with Crippen LogP contribution in [0.4, 0.5) is 0 Å². The second-order valence-corrected chi connectivity index (χ2v) is 4.95. The minimum atomic E-state index is 0.177. The number of ether oxygens (including phenoxy) is 3. The van der Waals surface area contributed by atoms with E-state index in [0.29, 0.717) is 28.5 Å². The SMILES string of the molecule is COc1ccnc(COc2ccc(Br)cc2C#N)c1OC. The fourth-order valence-corrected chi connectivity index (χ4v) is 2.18. The van der Waals surface area contributed by atoms with Gasteiger partial charge in [0.25, 0.3) is 0 Å². The molecule has 0 radical (unpaired) electrons. The number of nitriles is 1. The molecule has 0 atom stereocenters. The summed E-state index contributed by atoms with van der Waals surface area (Å²) in [6.07, 6.45) is 1.62. The molecule has 0 aliphatic rings. The zero-order valence-electron chi connectivity index (χ0n) is 11.6. The molecule has 0 unspecified atom stereocenters. The Morgan fingerprint density at radius 3 is 2.67 bits per heavy atom. The number of nitrogens with zero attached hydrogens (tertiary/aromatic N) is 2. The van der Waals surface area contributed by atoms with Crippen molar-refractivity contribution in [1.82, 2.24) is 4.98 Å². The van der Waals surface area contributed by atoms with Crippen molar-refractivity contribution < 1.29 is 14.2 Å². The molecule has 0 saturated carbocycles. The van der Waals surface area contributed by atoms with E-state index in [9.17, 15) is 0 Å². The van der Waals surface area contributed by atoms with Crippen molar-refractivity contribution in [1.29, 1.82) is 5.26 Å². The molecule has 1 heterocycles. The molecule has 0 fully saturated rings. The molecule has 0 aliphatic carbocycles. The van der Waals surface area contributed by atoms with Crippen LogP contribution in [-0.2, 0) is 6.61 Å². The summed E-state index contributed by atoms with van der Waals surface area (Å²) in [5, 5.41) is 9.11. The molecule has 6 heteroatoms. The van der Waals surface area contributed by atoms with Gasteiger partial charge in [0.15, 0.2) is 11.5 Å². The normalized spacial score (nSPS) is 9.81. The van der Waals surface area contributed by atoms with Crippen LogP contribution >= 0.6 is 15.9 Å². The van der Waals surface area contributed by atoms with Gasteiger partial charge < -0.3 is 14.2 Å². The minimum absolute atomic E-state index is 0.177. The van der Waals surface area contributed by atoms with Crippen molar-refractivity contribution in [3.8, 4) is 23.3 Å². The number of benzene rings is 1. The van der Waals surface area contributed by atoms with Crippen LogP contribution in [0.5, 0.6) is 17.2 Å². The van der Waals surface area contributed by atoms with Gasteiger partial charge in [-0.15, -0.1) is 0 Å². The number of hydrogen-bond donors (Lipinski definition) is 0. The van der Waals surface area contributed by atoms with Crippen LogP contribution in [0.1, 0.15) is 11.3 Å². The van der Waals surface area contributed by atoms with Crippen LogP contribution in [0.25, 0.3) is 0 Å². The van der Waals surface area contributed by atoms with Crippen LogP contribution < -0.4 is 14.2 Å². The van der Waals surface area contributed by atoms with Gasteiger partial charge >= 0.3 is 0 Å². The lowest BCUT2D eigenvalue weighted by Crippen LogP contribution is -2.03. The van der Waals surface area contributed by atoms with E-state index < -0.39 is 0 Å². The smallest absolute Gasteiger partial charge is 0.185 e. The van der Waals surface area contributed by atoms with Gasteiger partial charge in [-0.25, -0.2) is 0 Å². The Labute approximate surface area is 131 Å². The zero-order chi connectivity index (χ0) is 15.2. The van der Waals surface area contributed by atoms with Crippen molar-refractivity contribution in [3.05, 3.63) is 46.2 Å². The molecule has 0 aliphatic heterocycles. The number of aromatic nitrogens is 1. The average molecular weight is 349 g/mol. The Morgan fingerprint density at radius 2 is 2.00 bits per heavy atom. The van der Waals surface area contributed by atoms with E-state index in [-0.39, 0.29) is 6.61 Å². The average Bonchev–Trinajstić information content (AvgIpc) is 2.52. The number of methoxy groups -OCH3 is 2. The Kier molecular flexibility index (Phi) is 5.01. The highest BCUT2D eigenvalue weighted by Gasteiger charge is 2.12. The Bertz CT molecular complexity index is 683. The number of hydrogen-bond acceptors (Lipinski definition) is 5. The summed E-state index contributed by atoms with van der Waals surface area (Å²) in [6.45, 7) is 0.177. The van der Waals surface area contributed by atoms with Gasteiger partial charge in [-0.2, -0.15) is 5.26 Å². The molecule has 1 aromatic heterocycles. The molecule has 0 spiro atoms. The number of halogens is 1. The molecule has 0 N–H and O–H groups in total. The van der Waals surface area contributed by atoms with E-state index in [0.717, 1.165) is 4.47 Å². The number of rotatable bonds is 5. The van der Waals surface area contributed by atoms with Gasteiger partial charge in [0, 0.05) is 16.7 Å². The maximum Gasteiger partial charge on any atom is 0.185 e. The topological polar surface area (TPSA) is 64.4 Å². The molecule has 2 aromatic rings. The predicted octanol–water partition coefficient (Wildman–Crippen LogP) is 3.31. The lowest BCUT2D eigenvalue weighted by molar-refractivity contribution is 0.284. The highest BCUT2D eigenvalue weighted by atomic mass is 79.9. The molecule has 0 amide bonds. The maximum atomic E-state index is 9.11.